The quantitative estimate of drug-likeness (QED) is 0.389. The van der Waals surface area contributed by atoms with Crippen molar-refractivity contribution in [3.05, 3.63) is 88.3 Å². The molecule has 0 aliphatic heterocycles. The van der Waals surface area contributed by atoms with Crippen LogP contribution in [0, 0.1) is 5.92 Å². The Kier molecular flexibility index (Phi) is 5.04. The Morgan fingerprint density at radius 3 is 2.63 bits per heavy atom. The molecule has 1 aromatic heterocycles. The lowest BCUT2D eigenvalue weighted by Crippen LogP contribution is -2.10. The second-order valence-corrected chi connectivity index (χ2v) is 7.52. The van der Waals surface area contributed by atoms with Gasteiger partial charge in [0, 0.05) is 23.4 Å². The molecule has 3 aromatic rings. The van der Waals surface area contributed by atoms with E-state index in [1.807, 2.05) is 36.4 Å². The van der Waals surface area contributed by atoms with Crippen LogP contribution in [0.3, 0.4) is 0 Å². The first-order chi connectivity index (χ1) is 13.1. The normalized spacial score (nSPS) is 14.7. The molecule has 1 aliphatic carbocycles. The lowest BCUT2D eigenvalue weighted by molar-refractivity contribution is -0.131. The number of furan rings is 1. The summed E-state index contributed by atoms with van der Waals surface area (Å²) in [6.07, 6.45) is 6.44. The molecule has 0 amide bonds. The first kappa shape index (κ1) is 17.9. The molecule has 1 heterocycles. The van der Waals surface area contributed by atoms with Crippen LogP contribution in [0.5, 0.6) is 5.75 Å². The van der Waals surface area contributed by atoms with Gasteiger partial charge in [-0.05, 0) is 60.1 Å². The Morgan fingerprint density at radius 2 is 2.00 bits per heavy atom. The molecule has 0 radical (unpaired) electrons. The van der Waals surface area contributed by atoms with Crippen molar-refractivity contribution in [2.75, 3.05) is 0 Å². The standard InChI is InChI=1S/C23H21ClO3/c1-15(25)27-22-12-19(11-16-5-3-2-4-6-16)21(24)13-20(22)23(17-7-8-17)18-9-10-26-14-18/h2-6,9-10,12-14,17,23H,7-8,11H2,1H3. The van der Waals surface area contributed by atoms with Crippen LogP contribution in [0.15, 0.2) is 65.5 Å². The van der Waals surface area contributed by atoms with Gasteiger partial charge < -0.3 is 9.15 Å². The molecule has 0 N–H and O–H groups in total. The zero-order valence-corrected chi connectivity index (χ0v) is 15.9. The van der Waals surface area contributed by atoms with Gasteiger partial charge in [0.2, 0.25) is 0 Å². The molecule has 3 nitrogen and oxygen atoms in total. The third-order valence-electron chi connectivity index (χ3n) is 5.00. The van der Waals surface area contributed by atoms with Crippen LogP contribution < -0.4 is 4.74 Å². The number of benzene rings is 2. The Balaban J connectivity index is 1.76. The number of hydrogen-bond acceptors (Lipinski definition) is 3. The molecular formula is C23H21ClO3. The van der Waals surface area contributed by atoms with Gasteiger partial charge in [-0.15, -0.1) is 0 Å². The molecule has 27 heavy (non-hydrogen) atoms. The number of ether oxygens (including phenoxy) is 1. The lowest BCUT2D eigenvalue weighted by atomic mass is 9.87. The number of carbonyl (C=O) groups excluding carboxylic acids is 1. The molecule has 1 saturated carbocycles. The highest BCUT2D eigenvalue weighted by atomic mass is 35.5. The summed E-state index contributed by atoms with van der Waals surface area (Å²) < 4.78 is 10.9. The fourth-order valence-electron chi connectivity index (χ4n) is 3.64. The van der Waals surface area contributed by atoms with Crippen molar-refractivity contribution in [2.45, 2.75) is 32.1 Å². The fourth-order valence-corrected chi connectivity index (χ4v) is 3.87. The van der Waals surface area contributed by atoms with Crippen molar-refractivity contribution in [3.63, 3.8) is 0 Å². The highest BCUT2D eigenvalue weighted by Crippen LogP contribution is 2.49. The molecule has 4 rings (SSSR count). The Morgan fingerprint density at radius 1 is 1.22 bits per heavy atom. The van der Waals surface area contributed by atoms with Gasteiger partial charge in [-0.1, -0.05) is 41.9 Å². The minimum atomic E-state index is -0.328. The zero-order valence-electron chi connectivity index (χ0n) is 15.2. The van der Waals surface area contributed by atoms with Crippen LogP contribution in [-0.4, -0.2) is 5.97 Å². The van der Waals surface area contributed by atoms with E-state index in [9.17, 15) is 4.79 Å². The average molecular weight is 381 g/mol. The second kappa shape index (κ2) is 7.61. The van der Waals surface area contributed by atoms with Gasteiger partial charge in [0.1, 0.15) is 5.75 Å². The van der Waals surface area contributed by atoms with Crippen molar-refractivity contribution < 1.29 is 13.9 Å². The predicted molar refractivity (Wildman–Crippen MR) is 105 cm³/mol. The number of hydrogen-bond donors (Lipinski definition) is 0. The number of esters is 1. The smallest absolute Gasteiger partial charge is 0.308 e. The maximum absolute atomic E-state index is 11.7. The molecule has 2 aromatic carbocycles. The van der Waals surface area contributed by atoms with Crippen molar-refractivity contribution >= 4 is 17.6 Å². The van der Waals surface area contributed by atoms with Crippen LogP contribution in [0.25, 0.3) is 0 Å². The van der Waals surface area contributed by atoms with E-state index in [0.29, 0.717) is 23.1 Å². The average Bonchev–Trinajstić information content (AvgIpc) is 3.33. The number of carbonyl (C=O) groups is 1. The first-order valence-electron chi connectivity index (χ1n) is 9.18. The molecule has 1 unspecified atom stereocenters. The van der Waals surface area contributed by atoms with E-state index in [-0.39, 0.29) is 11.9 Å². The topological polar surface area (TPSA) is 39.4 Å². The molecule has 1 aliphatic rings. The van der Waals surface area contributed by atoms with Gasteiger partial charge in [0.05, 0.1) is 12.5 Å². The first-order valence-corrected chi connectivity index (χ1v) is 9.56. The molecule has 4 heteroatoms. The summed E-state index contributed by atoms with van der Waals surface area (Å²) in [5, 5.41) is 0.693. The van der Waals surface area contributed by atoms with Crippen molar-refractivity contribution in [3.8, 4) is 5.75 Å². The van der Waals surface area contributed by atoms with Gasteiger partial charge in [-0.2, -0.15) is 0 Å². The van der Waals surface area contributed by atoms with E-state index in [0.717, 1.165) is 35.1 Å². The minimum Gasteiger partial charge on any atom is -0.472 e. The summed E-state index contributed by atoms with van der Waals surface area (Å²) in [6, 6.07) is 16.0. The molecule has 0 spiro atoms. The van der Waals surface area contributed by atoms with E-state index in [1.54, 1.807) is 12.5 Å². The van der Waals surface area contributed by atoms with Crippen molar-refractivity contribution in [2.24, 2.45) is 5.92 Å². The van der Waals surface area contributed by atoms with Gasteiger partial charge in [0.15, 0.2) is 0 Å². The Bertz CT molecular complexity index is 928. The third kappa shape index (κ3) is 4.09. The molecule has 0 bridgehead atoms. The largest absolute Gasteiger partial charge is 0.472 e. The van der Waals surface area contributed by atoms with Crippen LogP contribution >= 0.6 is 11.6 Å². The van der Waals surface area contributed by atoms with Crippen LogP contribution in [0.4, 0.5) is 0 Å². The zero-order chi connectivity index (χ0) is 18.8. The van der Waals surface area contributed by atoms with E-state index >= 15 is 0 Å². The van der Waals surface area contributed by atoms with Crippen LogP contribution in [0.2, 0.25) is 5.02 Å². The van der Waals surface area contributed by atoms with Gasteiger partial charge >= 0.3 is 5.97 Å². The summed E-state index contributed by atoms with van der Waals surface area (Å²) in [6.45, 7) is 1.43. The highest BCUT2D eigenvalue weighted by molar-refractivity contribution is 6.31. The molecule has 138 valence electrons. The molecule has 1 fully saturated rings. The van der Waals surface area contributed by atoms with Crippen molar-refractivity contribution in [1.29, 1.82) is 0 Å². The summed E-state index contributed by atoms with van der Waals surface area (Å²) in [7, 11) is 0. The second-order valence-electron chi connectivity index (χ2n) is 7.11. The van der Waals surface area contributed by atoms with E-state index < -0.39 is 0 Å². The predicted octanol–water partition coefficient (Wildman–Crippen LogP) is 5.99. The summed E-state index contributed by atoms with van der Waals surface area (Å²) >= 11 is 6.65. The van der Waals surface area contributed by atoms with Crippen LogP contribution in [0.1, 0.15) is 47.9 Å². The SMILES string of the molecule is CC(=O)Oc1cc(Cc2ccccc2)c(Cl)cc1C(c1ccoc1)C1CC1. The maximum Gasteiger partial charge on any atom is 0.308 e. The summed E-state index contributed by atoms with van der Waals surface area (Å²) in [5.74, 6) is 0.913. The molecular weight excluding hydrogens is 360 g/mol. The Hall–Kier alpha value is -2.52. The molecule has 0 saturated heterocycles. The number of halogens is 1. The van der Waals surface area contributed by atoms with Gasteiger partial charge in [0.25, 0.3) is 0 Å². The maximum atomic E-state index is 11.7. The lowest BCUT2D eigenvalue weighted by Gasteiger charge is -2.20. The highest BCUT2D eigenvalue weighted by Gasteiger charge is 2.36. The fraction of sp³-hybridized carbons (Fsp3) is 0.261. The third-order valence-corrected chi connectivity index (χ3v) is 5.35. The van der Waals surface area contributed by atoms with E-state index in [2.05, 4.69) is 12.1 Å². The van der Waals surface area contributed by atoms with Gasteiger partial charge in [-0.3, -0.25) is 4.79 Å². The van der Waals surface area contributed by atoms with Crippen molar-refractivity contribution in [1.82, 2.24) is 0 Å². The number of rotatable bonds is 6. The van der Waals surface area contributed by atoms with Crippen LogP contribution in [-0.2, 0) is 11.2 Å². The van der Waals surface area contributed by atoms with Gasteiger partial charge in [-0.25, -0.2) is 0 Å². The van der Waals surface area contributed by atoms with E-state index in [1.165, 1.54) is 6.92 Å². The molecule has 1 atom stereocenters. The summed E-state index contributed by atoms with van der Waals surface area (Å²) in [5.41, 5.74) is 4.16. The minimum absolute atomic E-state index is 0.126. The van der Waals surface area contributed by atoms with E-state index in [4.69, 9.17) is 20.8 Å². The summed E-state index contributed by atoms with van der Waals surface area (Å²) in [4.78, 5) is 11.7. The Labute approximate surface area is 163 Å². The monoisotopic (exact) mass is 380 g/mol.